The van der Waals surface area contributed by atoms with E-state index in [-0.39, 0.29) is 11.8 Å². The Labute approximate surface area is 232 Å². The fourth-order valence-corrected chi connectivity index (χ4v) is 7.70. The molecule has 2 aromatic carbocycles. The first-order valence-corrected chi connectivity index (χ1v) is 17.3. The van der Waals surface area contributed by atoms with Gasteiger partial charge in [0.2, 0.25) is 10.0 Å². The van der Waals surface area contributed by atoms with Crippen molar-refractivity contribution in [3.63, 3.8) is 0 Å². The number of piperazine rings is 1. The van der Waals surface area contributed by atoms with Gasteiger partial charge in [-0.25, -0.2) is 21.8 Å². The molecule has 0 saturated carbocycles. The highest BCUT2D eigenvalue weighted by Gasteiger charge is 2.30. The molecular weight excluding hydrogens is 534 g/mol. The van der Waals surface area contributed by atoms with Crippen molar-refractivity contribution in [3.8, 4) is 0 Å². The van der Waals surface area contributed by atoms with Crippen molar-refractivity contribution in [3.05, 3.63) is 60.4 Å². The van der Waals surface area contributed by atoms with Gasteiger partial charge < -0.3 is 9.47 Å². The summed E-state index contributed by atoms with van der Waals surface area (Å²) in [4.78, 5) is 9.78. The molecule has 1 aromatic heterocycles. The van der Waals surface area contributed by atoms with Crippen molar-refractivity contribution < 1.29 is 16.8 Å². The van der Waals surface area contributed by atoms with Crippen LogP contribution < -0.4 is 0 Å². The van der Waals surface area contributed by atoms with Crippen LogP contribution in [0.4, 0.5) is 0 Å². The SMILES string of the molecule is CCS(=O)(=O)N1CCN(C(CCN2CCC(n3cnc4cc(S(C)(=O)=O)ccc43)CC2)c2ccccc2)CC1. The molecule has 39 heavy (non-hydrogen) atoms. The van der Waals surface area contributed by atoms with Crippen LogP contribution >= 0.6 is 0 Å². The third kappa shape index (κ3) is 6.38. The van der Waals surface area contributed by atoms with Crippen LogP contribution in [-0.2, 0) is 19.9 Å². The predicted molar refractivity (Wildman–Crippen MR) is 154 cm³/mol. The number of sulfonamides is 1. The van der Waals surface area contributed by atoms with Crippen molar-refractivity contribution in [1.29, 1.82) is 0 Å². The molecule has 0 N–H and O–H groups in total. The van der Waals surface area contributed by atoms with E-state index in [2.05, 4.69) is 43.6 Å². The lowest BCUT2D eigenvalue weighted by atomic mass is 9.99. The number of likely N-dealkylation sites (tertiary alicyclic amines) is 1. The van der Waals surface area contributed by atoms with E-state index in [1.807, 2.05) is 18.5 Å². The molecular formula is C28H39N5O4S2. The van der Waals surface area contributed by atoms with Gasteiger partial charge in [-0.1, -0.05) is 30.3 Å². The number of fused-ring (bicyclic) bond motifs is 1. The summed E-state index contributed by atoms with van der Waals surface area (Å²) in [5, 5.41) is 0. The molecule has 2 aliphatic rings. The van der Waals surface area contributed by atoms with Gasteiger partial charge in [-0.05, 0) is 56.5 Å². The molecule has 9 nitrogen and oxygen atoms in total. The summed E-state index contributed by atoms with van der Waals surface area (Å²) in [5.41, 5.74) is 2.99. The number of piperidine rings is 1. The summed E-state index contributed by atoms with van der Waals surface area (Å²) in [5.74, 6) is 0.154. The van der Waals surface area contributed by atoms with Gasteiger partial charge in [0, 0.05) is 57.6 Å². The van der Waals surface area contributed by atoms with E-state index in [1.165, 1.54) is 11.8 Å². The largest absolute Gasteiger partial charge is 0.327 e. The molecule has 212 valence electrons. The zero-order chi connectivity index (χ0) is 27.6. The van der Waals surface area contributed by atoms with E-state index < -0.39 is 19.9 Å². The Kier molecular flexibility index (Phi) is 8.44. The average molecular weight is 574 g/mol. The molecule has 2 saturated heterocycles. The highest BCUT2D eigenvalue weighted by molar-refractivity contribution is 7.90. The van der Waals surface area contributed by atoms with Crippen molar-refractivity contribution in [1.82, 2.24) is 23.7 Å². The third-order valence-corrected chi connectivity index (χ3v) is 11.3. The second kappa shape index (κ2) is 11.7. The number of hydrogen-bond acceptors (Lipinski definition) is 7. The number of aromatic nitrogens is 2. The van der Waals surface area contributed by atoms with Gasteiger partial charge in [0.1, 0.15) is 0 Å². The molecule has 0 spiro atoms. The van der Waals surface area contributed by atoms with Gasteiger partial charge in [-0.2, -0.15) is 4.31 Å². The summed E-state index contributed by atoms with van der Waals surface area (Å²) in [6.07, 6.45) is 6.10. The first kappa shape index (κ1) is 28.2. The monoisotopic (exact) mass is 573 g/mol. The van der Waals surface area contributed by atoms with E-state index in [9.17, 15) is 16.8 Å². The highest BCUT2D eigenvalue weighted by Crippen LogP contribution is 2.30. The number of sulfone groups is 1. The van der Waals surface area contributed by atoms with Crippen LogP contribution in [0.15, 0.2) is 59.8 Å². The van der Waals surface area contributed by atoms with Crippen molar-refractivity contribution in [2.24, 2.45) is 0 Å². The smallest absolute Gasteiger partial charge is 0.213 e. The van der Waals surface area contributed by atoms with Crippen LogP contribution in [0.1, 0.15) is 43.8 Å². The summed E-state index contributed by atoms with van der Waals surface area (Å²) in [6, 6.07) is 16.4. The van der Waals surface area contributed by atoms with Crippen molar-refractivity contribution in [2.45, 2.75) is 43.2 Å². The second-order valence-electron chi connectivity index (χ2n) is 10.7. The number of nitrogens with zero attached hydrogens (tertiary/aromatic N) is 5. The van der Waals surface area contributed by atoms with E-state index in [0.29, 0.717) is 24.0 Å². The molecule has 1 unspecified atom stereocenters. The molecule has 2 aliphatic heterocycles. The molecule has 0 bridgehead atoms. The molecule has 11 heteroatoms. The third-order valence-electron chi connectivity index (χ3n) is 8.30. The van der Waals surface area contributed by atoms with Crippen LogP contribution in [-0.4, -0.2) is 98.3 Å². The summed E-state index contributed by atoms with van der Waals surface area (Å²) >= 11 is 0. The second-order valence-corrected chi connectivity index (χ2v) is 15.0. The number of imidazole rings is 1. The van der Waals surface area contributed by atoms with Gasteiger partial charge in [-0.15, -0.1) is 0 Å². The van der Waals surface area contributed by atoms with Crippen molar-refractivity contribution >= 4 is 30.9 Å². The Morgan fingerprint density at radius 1 is 0.923 bits per heavy atom. The topological polar surface area (TPSA) is 95.8 Å². The minimum atomic E-state index is -3.26. The normalized spacial score (nSPS) is 19.9. The van der Waals surface area contributed by atoms with Crippen LogP contribution in [0.3, 0.4) is 0 Å². The Balaban J connectivity index is 1.20. The lowest BCUT2D eigenvalue weighted by Crippen LogP contribution is -2.50. The summed E-state index contributed by atoms with van der Waals surface area (Å²) in [6.45, 7) is 7.28. The Morgan fingerprint density at radius 3 is 2.26 bits per heavy atom. The lowest BCUT2D eigenvalue weighted by molar-refractivity contribution is 0.111. The Morgan fingerprint density at radius 2 is 1.62 bits per heavy atom. The minimum absolute atomic E-state index is 0.154. The zero-order valence-electron chi connectivity index (χ0n) is 22.8. The predicted octanol–water partition coefficient (Wildman–Crippen LogP) is 3.18. The van der Waals surface area contributed by atoms with Gasteiger partial charge in [-0.3, -0.25) is 4.90 Å². The van der Waals surface area contributed by atoms with Gasteiger partial charge >= 0.3 is 0 Å². The van der Waals surface area contributed by atoms with Crippen LogP contribution in [0, 0.1) is 0 Å². The quantitative estimate of drug-likeness (QED) is 0.388. The fourth-order valence-electron chi connectivity index (χ4n) is 5.97. The highest BCUT2D eigenvalue weighted by atomic mass is 32.2. The van der Waals surface area contributed by atoms with E-state index in [1.54, 1.807) is 23.4 Å². The van der Waals surface area contributed by atoms with Crippen LogP contribution in [0.2, 0.25) is 0 Å². The summed E-state index contributed by atoms with van der Waals surface area (Å²) in [7, 11) is -6.40. The van der Waals surface area contributed by atoms with Crippen LogP contribution in [0.5, 0.6) is 0 Å². The molecule has 5 rings (SSSR count). The summed E-state index contributed by atoms with van der Waals surface area (Å²) < 4.78 is 52.4. The number of hydrogen-bond donors (Lipinski definition) is 0. The van der Waals surface area contributed by atoms with E-state index in [0.717, 1.165) is 63.0 Å². The maximum Gasteiger partial charge on any atom is 0.213 e. The van der Waals surface area contributed by atoms with Gasteiger partial charge in [0.25, 0.3) is 0 Å². The molecule has 0 radical (unpaired) electrons. The molecule has 3 aromatic rings. The van der Waals surface area contributed by atoms with E-state index in [4.69, 9.17) is 0 Å². The number of rotatable bonds is 9. The Hall–Kier alpha value is -2.31. The van der Waals surface area contributed by atoms with Gasteiger partial charge in [0.15, 0.2) is 9.84 Å². The molecule has 2 fully saturated rings. The number of benzene rings is 2. The average Bonchev–Trinajstić information content (AvgIpc) is 3.37. The minimum Gasteiger partial charge on any atom is -0.327 e. The molecule has 1 atom stereocenters. The molecule has 3 heterocycles. The van der Waals surface area contributed by atoms with Crippen LogP contribution in [0.25, 0.3) is 11.0 Å². The maximum atomic E-state index is 12.3. The first-order valence-electron chi connectivity index (χ1n) is 13.8. The Bertz CT molecular complexity index is 1470. The zero-order valence-corrected chi connectivity index (χ0v) is 24.4. The lowest BCUT2D eigenvalue weighted by Gasteiger charge is -2.40. The van der Waals surface area contributed by atoms with E-state index >= 15 is 0 Å². The molecule has 0 aliphatic carbocycles. The standard InChI is InChI=1S/C28H39N5O4S2/c1-3-39(36,37)32-19-17-31(18-20-32)27(23-7-5-4-6-8-23)13-16-30-14-11-24(12-15-30)33-22-29-26-21-25(38(2,34)35)9-10-28(26)33/h4-10,21-22,24,27H,3,11-20H2,1-2H3. The van der Waals surface area contributed by atoms with Gasteiger partial charge in [0.05, 0.1) is 28.0 Å². The van der Waals surface area contributed by atoms with Crippen molar-refractivity contribution in [2.75, 3.05) is 57.8 Å². The fraction of sp³-hybridized carbons (Fsp3) is 0.536. The molecule has 0 amide bonds. The maximum absolute atomic E-state index is 12.3. The first-order chi connectivity index (χ1) is 18.7.